The van der Waals surface area contributed by atoms with Gasteiger partial charge in [-0.3, -0.25) is 9.48 Å². The van der Waals surface area contributed by atoms with Gasteiger partial charge in [-0.2, -0.15) is 5.10 Å². The molecular weight excluding hydrogens is 376 g/mol. The van der Waals surface area contributed by atoms with Gasteiger partial charge in [0.05, 0.1) is 25.3 Å². The van der Waals surface area contributed by atoms with Crippen molar-refractivity contribution in [2.24, 2.45) is 7.05 Å². The molecule has 4 aromatic rings. The number of amides is 1. The number of benzene rings is 2. The topological polar surface area (TPSA) is 69.0 Å². The Morgan fingerprint density at radius 2 is 1.80 bits per heavy atom. The third-order valence-corrected chi connectivity index (χ3v) is 5.10. The van der Waals surface area contributed by atoms with Crippen LogP contribution >= 0.6 is 0 Å². The minimum Gasteiger partial charge on any atom is -0.497 e. The Morgan fingerprint density at radius 1 is 1.03 bits per heavy atom. The number of rotatable bonds is 7. The summed E-state index contributed by atoms with van der Waals surface area (Å²) in [6, 6.07) is 21.3. The van der Waals surface area contributed by atoms with Crippen molar-refractivity contribution in [3.63, 3.8) is 0 Å². The molecule has 0 spiro atoms. The highest BCUT2D eigenvalue weighted by atomic mass is 16.5. The smallest absolute Gasteiger partial charge is 0.224 e. The van der Waals surface area contributed by atoms with Crippen molar-refractivity contribution in [1.29, 1.82) is 0 Å². The maximum Gasteiger partial charge on any atom is 0.224 e. The molecule has 6 nitrogen and oxygen atoms in total. The van der Waals surface area contributed by atoms with Crippen LogP contribution in [-0.2, 0) is 24.7 Å². The first kappa shape index (κ1) is 19.6. The zero-order valence-electron chi connectivity index (χ0n) is 17.1. The van der Waals surface area contributed by atoms with Gasteiger partial charge in [0.15, 0.2) is 5.65 Å². The zero-order chi connectivity index (χ0) is 20.9. The normalized spacial score (nSPS) is 11.9. The monoisotopic (exact) mass is 400 g/mol. The van der Waals surface area contributed by atoms with Crippen LogP contribution in [0.5, 0.6) is 5.75 Å². The van der Waals surface area contributed by atoms with Gasteiger partial charge in [0.1, 0.15) is 5.75 Å². The number of hydrogen-bond acceptors (Lipinski definition) is 4. The van der Waals surface area contributed by atoms with Gasteiger partial charge in [-0.1, -0.05) is 42.5 Å². The summed E-state index contributed by atoms with van der Waals surface area (Å²) in [7, 11) is 3.50. The van der Waals surface area contributed by atoms with E-state index in [1.807, 2.05) is 61.6 Å². The molecule has 1 N–H and O–H groups in total. The van der Waals surface area contributed by atoms with Crippen LogP contribution in [0.15, 0.2) is 72.9 Å². The number of fused-ring (bicyclic) bond motifs is 1. The van der Waals surface area contributed by atoms with Crippen LogP contribution in [0.2, 0.25) is 0 Å². The molecule has 2 heterocycles. The van der Waals surface area contributed by atoms with Crippen LogP contribution < -0.4 is 10.1 Å². The molecule has 0 aliphatic rings. The number of methoxy groups -OCH3 is 1. The van der Waals surface area contributed by atoms with E-state index in [0.29, 0.717) is 6.42 Å². The fourth-order valence-corrected chi connectivity index (χ4v) is 3.62. The van der Waals surface area contributed by atoms with E-state index in [4.69, 9.17) is 9.84 Å². The van der Waals surface area contributed by atoms with Crippen molar-refractivity contribution in [3.05, 3.63) is 89.7 Å². The summed E-state index contributed by atoms with van der Waals surface area (Å²) in [4.78, 5) is 17.3. The summed E-state index contributed by atoms with van der Waals surface area (Å²) < 4.78 is 6.95. The SMILES string of the molecule is COc1ccc(CC(=O)N[C@@H](Cc2ccccc2)c2nn(C)c3ncccc23)cc1. The number of pyridine rings is 1. The summed E-state index contributed by atoms with van der Waals surface area (Å²) in [5.41, 5.74) is 3.69. The van der Waals surface area contributed by atoms with Crippen molar-refractivity contribution in [3.8, 4) is 5.75 Å². The molecule has 2 aromatic heterocycles. The number of nitrogens with one attached hydrogen (secondary N) is 1. The van der Waals surface area contributed by atoms with E-state index >= 15 is 0 Å². The highest BCUT2D eigenvalue weighted by Gasteiger charge is 2.22. The van der Waals surface area contributed by atoms with Crippen molar-refractivity contribution >= 4 is 16.9 Å². The highest BCUT2D eigenvalue weighted by Crippen LogP contribution is 2.25. The molecule has 0 aliphatic carbocycles. The lowest BCUT2D eigenvalue weighted by atomic mass is 10.0. The van der Waals surface area contributed by atoms with E-state index in [9.17, 15) is 4.79 Å². The van der Waals surface area contributed by atoms with E-state index in [1.54, 1.807) is 18.0 Å². The van der Waals surface area contributed by atoms with E-state index in [1.165, 1.54) is 0 Å². The average Bonchev–Trinajstić information content (AvgIpc) is 3.11. The number of aromatic nitrogens is 3. The van der Waals surface area contributed by atoms with E-state index < -0.39 is 0 Å². The molecule has 4 rings (SSSR count). The van der Waals surface area contributed by atoms with Crippen LogP contribution in [0.3, 0.4) is 0 Å². The number of carbonyl (C=O) groups excluding carboxylic acids is 1. The van der Waals surface area contributed by atoms with Gasteiger partial charge in [0, 0.05) is 18.6 Å². The molecule has 6 heteroatoms. The van der Waals surface area contributed by atoms with E-state index in [0.717, 1.165) is 33.6 Å². The lowest BCUT2D eigenvalue weighted by molar-refractivity contribution is -0.121. The average molecular weight is 400 g/mol. The molecular formula is C24H24N4O2. The van der Waals surface area contributed by atoms with E-state index in [-0.39, 0.29) is 18.4 Å². The Bertz CT molecular complexity index is 1140. The maximum atomic E-state index is 12.9. The van der Waals surface area contributed by atoms with Crippen LogP contribution in [0.1, 0.15) is 22.9 Å². The molecule has 1 amide bonds. The van der Waals surface area contributed by atoms with Crippen LogP contribution in [0, 0.1) is 0 Å². The van der Waals surface area contributed by atoms with Gasteiger partial charge in [-0.05, 0) is 41.8 Å². The molecule has 30 heavy (non-hydrogen) atoms. The summed E-state index contributed by atoms with van der Waals surface area (Å²) >= 11 is 0. The van der Waals surface area contributed by atoms with Crippen LogP contribution in [0.25, 0.3) is 11.0 Å². The number of aryl methyl sites for hydroxylation is 1. The number of carbonyl (C=O) groups is 1. The molecule has 0 unspecified atom stereocenters. The number of hydrogen-bond donors (Lipinski definition) is 1. The molecule has 0 bridgehead atoms. The predicted octanol–water partition coefficient (Wildman–Crippen LogP) is 3.62. The fourth-order valence-electron chi connectivity index (χ4n) is 3.62. The Hall–Kier alpha value is -3.67. The third-order valence-electron chi connectivity index (χ3n) is 5.10. The van der Waals surface area contributed by atoms with Gasteiger partial charge in [0.2, 0.25) is 5.91 Å². The Kier molecular flexibility index (Phi) is 5.75. The lowest BCUT2D eigenvalue weighted by Crippen LogP contribution is -2.31. The fraction of sp³-hybridized carbons (Fsp3) is 0.208. The first-order chi connectivity index (χ1) is 14.6. The summed E-state index contributed by atoms with van der Waals surface area (Å²) in [6.45, 7) is 0. The number of nitrogens with zero attached hydrogens (tertiary/aromatic N) is 3. The number of ether oxygens (including phenoxy) is 1. The lowest BCUT2D eigenvalue weighted by Gasteiger charge is -2.18. The van der Waals surface area contributed by atoms with Crippen molar-refractivity contribution in [2.75, 3.05) is 7.11 Å². The standard InChI is InChI=1S/C24H24N4O2/c1-28-24-20(9-6-14-25-24)23(27-28)21(15-17-7-4-3-5-8-17)26-22(29)16-18-10-12-19(30-2)13-11-18/h3-14,21H,15-16H2,1-2H3,(H,26,29)/t21-/m0/s1. The van der Waals surface area contributed by atoms with Crippen molar-refractivity contribution < 1.29 is 9.53 Å². The van der Waals surface area contributed by atoms with Gasteiger partial charge < -0.3 is 10.1 Å². The van der Waals surface area contributed by atoms with E-state index in [2.05, 4.69) is 22.4 Å². The molecule has 0 fully saturated rings. The molecule has 0 saturated heterocycles. The minimum atomic E-state index is -0.258. The van der Waals surface area contributed by atoms with Gasteiger partial charge in [0.25, 0.3) is 0 Å². The summed E-state index contributed by atoms with van der Waals surface area (Å²) in [5, 5.41) is 8.83. The zero-order valence-corrected chi connectivity index (χ0v) is 17.1. The maximum absolute atomic E-state index is 12.9. The van der Waals surface area contributed by atoms with Crippen molar-refractivity contribution in [2.45, 2.75) is 18.9 Å². The van der Waals surface area contributed by atoms with Gasteiger partial charge >= 0.3 is 0 Å². The largest absolute Gasteiger partial charge is 0.497 e. The predicted molar refractivity (Wildman–Crippen MR) is 116 cm³/mol. The quantitative estimate of drug-likeness (QED) is 0.514. The van der Waals surface area contributed by atoms with Crippen LogP contribution in [0.4, 0.5) is 0 Å². The molecule has 0 saturated carbocycles. The van der Waals surface area contributed by atoms with Crippen LogP contribution in [-0.4, -0.2) is 27.8 Å². The second-order valence-electron chi connectivity index (χ2n) is 7.22. The highest BCUT2D eigenvalue weighted by molar-refractivity contribution is 5.82. The second-order valence-corrected chi connectivity index (χ2v) is 7.22. The summed E-state index contributed by atoms with van der Waals surface area (Å²) in [6.07, 6.45) is 2.69. The third kappa shape index (κ3) is 4.33. The molecule has 0 aliphatic heterocycles. The van der Waals surface area contributed by atoms with Crippen molar-refractivity contribution in [1.82, 2.24) is 20.1 Å². The molecule has 1 atom stereocenters. The first-order valence-corrected chi connectivity index (χ1v) is 9.88. The Balaban J connectivity index is 1.60. The summed E-state index contributed by atoms with van der Waals surface area (Å²) in [5.74, 6) is 0.720. The second kappa shape index (κ2) is 8.78. The van der Waals surface area contributed by atoms with Gasteiger partial charge in [-0.15, -0.1) is 0 Å². The first-order valence-electron chi connectivity index (χ1n) is 9.88. The molecule has 152 valence electrons. The molecule has 2 aromatic carbocycles. The Morgan fingerprint density at radius 3 is 2.53 bits per heavy atom. The van der Waals surface area contributed by atoms with Gasteiger partial charge in [-0.25, -0.2) is 4.98 Å². The Labute approximate surface area is 175 Å². The molecule has 0 radical (unpaired) electrons. The minimum absolute atomic E-state index is 0.0520.